The van der Waals surface area contributed by atoms with Crippen molar-refractivity contribution < 1.29 is 4.74 Å². The highest BCUT2D eigenvalue weighted by Crippen LogP contribution is 1.77. The zero-order valence-corrected chi connectivity index (χ0v) is 5.19. The standard InChI is InChI=1S/C6H5N3O/c1-2-10-3-6-5(1)7-4-8-9-6/h1,3-4H,2H2. The SMILES string of the molecule is C1=c2ncnnc2=COC1. The van der Waals surface area contributed by atoms with E-state index in [1.165, 1.54) is 6.33 Å². The predicted molar refractivity (Wildman–Crippen MR) is 34.0 cm³/mol. The van der Waals surface area contributed by atoms with Gasteiger partial charge in [-0.1, -0.05) is 0 Å². The van der Waals surface area contributed by atoms with Crippen molar-refractivity contribution in [1.29, 1.82) is 0 Å². The number of hydrogen-bond acceptors (Lipinski definition) is 4. The van der Waals surface area contributed by atoms with Crippen molar-refractivity contribution in [2.75, 3.05) is 6.61 Å². The Balaban J connectivity index is 2.84. The van der Waals surface area contributed by atoms with Crippen molar-refractivity contribution in [1.82, 2.24) is 15.2 Å². The first kappa shape index (κ1) is 5.34. The summed E-state index contributed by atoms with van der Waals surface area (Å²) >= 11 is 0. The Morgan fingerprint density at radius 1 is 1.40 bits per heavy atom. The fraction of sp³-hybridized carbons (Fsp3) is 0.167. The largest absolute Gasteiger partial charge is 0.495 e. The van der Waals surface area contributed by atoms with Crippen LogP contribution in [0.15, 0.2) is 6.33 Å². The molecule has 0 fully saturated rings. The Morgan fingerprint density at radius 3 is 3.30 bits per heavy atom. The first-order valence-electron chi connectivity index (χ1n) is 2.92. The summed E-state index contributed by atoms with van der Waals surface area (Å²) in [5.74, 6) is 0. The molecular formula is C6H5N3O. The van der Waals surface area contributed by atoms with Gasteiger partial charge in [-0.3, -0.25) is 0 Å². The van der Waals surface area contributed by atoms with Crippen LogP contribution in [0.1, 0.15) is 0 Å². The lowest BCUT2D eigenvalue weighted by Crippen LogP contribution is -2.34. The van der Waals surface area contributed by atoms with Gasteiger partial charge in [-0.05, 0) is 6.08 Å². The maximum atomic E-state index is 4.97. The van der Waals surface area contributed by atoms with E-state index in [0.29, 0.717) is 12.0 Å². The third kappa shape index (κ3) is 0.737. The molecule has 0 unspecified atom stereocenters. The number of aromatic nitrogens is 3. The summed E-state index contributed by atoms with van der Waals surface area (Å²) in [4.78, 5) is 3.98. The maximum Gasteiger partial charge on any atom is 0.146 e. The van der Waals surface area contributed by atoms with Crippen LogP contribution in [-0.4, -0.2) is 21.8 Å². The van der Waals surface area contributed by atoms with Gasteiger partial charge >= 0.3 is 0 Å². The fourth-order valence-electron chi connectivity index (χ4n) is 0.789. The number of ether oxygens (including phenoxy) is 1. The molecule has 0 aliphatic carbocycles. The van der Waals surface area contributed by atoms with Crippen LogP contribution in [-0.2, 0) is 4.74 Å². The average Bonchev–Trinajstić information content (AvgIpc) is 2.05. The molecule has 0 spiro atoms. The topological polar surface area (TPSA) is 47.9 Å². The van der Waals surface area contributed by atoms with Gasteiger partial charge in [0.05, 0.1) is 5.35 Å². The Kier molecular flexibility index (Phi) is 1.10. The lowest BCUT2D eigenvalue weighted by Gasteiger charge is -1.97. The van der Waals surface area contributed by atoms with Crippen LogP contribution in [0.5, 0.6) is 0 Å². The van der Waals surface area contributed by atoms with Crippen LogP contribution in [0, 0.1) is 0 Å². The van der Waals surface area contributed by atoms with Crippen LogP contribution in [0.3, 0.4) is 0 Å². The molecule has 0 radical (unpaired) electrons. The Morgan fingerprint density at radius 2 is 2.40 bits per heavy atom. The summed E-state index contributed by atoms with van der Waals surface area (Å²) in [7, 11) is 0. The number of nitrogens with zero attached hydrogens (tertiary/aromatic N) is 3. The molecule has 10 heavy (non-hydrogen) atoms. The van der Waals surface area contributed by atoms with Crippen molar-refractivity contribution in [3.8, 4) is 0 Å². The molecule has 0 aromatic carbocycles. The molecular weight excluding hydrogens is 130 g/mol. The van der Waals surface area contributed by atoms with Gasteiger partial charge in [-0.2, -0.15) is 0 Å². The van der Waals surface area contributed by atoms with Gasteiger partial charge in [0.15, 0.2) is 0 Å². The highest BCUT2D eigenvalue weighted by molar-refractivity contribution is 5.26. The smallest absolute Gasteiger partial charge is 0.146 e. The van der Waals surface area contributed by atoms with Crippen molar-refractivity contribution in [3.05, 3.63) is 17.0 Å². The minimum absolute atomic E-state index is 0.575. The third-order valence-electron chi connectivity index (χ3n) is 1.24. The molecule has 1 aliphatic heterocycles. The minimum atomic E-state index is 0.575. The third-order valence-corrected chi connectivity index (χ3v) is 1.24. The number of fused-ring (bicyclic) bond motifs is 1. The van der Waals surface area contributed by atoms with E-state index >= 15 is 0 Å². The summed E-state index contributed by atoms with van der Waals surface area (Å²) in [6.07, 6.45) is 4.86. The van der Waals surface area contributed by atoms with Gasteiger partial charge in [-0.15, -0.1) is 10.2 Å². The molecule has 0 saturated heterocycles. The fourth-order valence-corrected chi connectivity index (χ4v) is 0.789. The van der Waals surface area contributed by atoms with E-state index in [9.17, 15) is 0 Å². The molecule has 0 atom stereocenters. The highest BCUT2D eigenvalue weighted by atomic mass is 16.5. The molecule has 0 N–H and O–H groups in total. The van der Waals surface area contributed by atoms with Crippen LogP contribution in [0.2, 0.25) is 0 Å². The monoisotopic (exact) mass is 135 g/mol. The van der Waals surface area contributed by atoms with E-state index in [2.05, 4.69) is 15.2 Å². The average molecular weight is 135 g/mol. The first-order chi connectivity index (χ1) is 4.97. The Bertz CT molecular complexity index is 311. The molecule has 0 saturated carbocycles. The van der Waals surface area contributed by atoms with Crippen LogP contribution < -0.4 is 10.7 Å². The molecule has 4 heteroatoms. The second-order valence-electron chi connectivity index (χ2n) is 1.89. The van der Waals surface area contributed by atoms with Crippen LogP contribution >= 0.6 is 0 Å². The molecule has 2 heterocycles. The summed E-state index contributed by atoms with van der Waals surface area (Å²) in [5, 5.41) is 8.95. The van der Waals surface area contributed by atoms with Crippen LogP contribution in [0.25, 0.3) is 12.3 Å². The van der Waals surface area contributed by atoms with Gasteiger partial charge in [0.1, 0.15) is 24.5 Å². The highest BCUT2D eigenvalue weighted by Gasteiger charge is 1.92. The van der Waals surface area contributed by atoms with Gasteiger partial charge in [-0.25, -0.2) is 4.98 Å². The Labute approximate surface area is 56.9 Å². The van der Waals surface area contributed by atoms with Crippen molar-refractivity contribution in [3.63, 3.8) is 0 Å². The van der Waals surface area contributed by atoms with Gasteiger partial charge in [0.2, 0.25) is 0 Å². The van der Waals surface area contributed by atoms with E-state index in [1.807, 2.05) is 6.08 Å². The molecule has 0 bridgehead atoms. The number of hydrogen-bond donors (Lipinski definition) is 0. The lowest BCUT2D eigenvalue weighted by atomic mass is 10.4. The van der Waals surface area contributed by atoms with Gasteiger partial charge in [0, 0.05) is 0 Å². The molecule has 4 nitrogen and oxygen atoms in total. The van der Waals surface area contributed by atoms with Crippen LogP contribution in [0.4, 0.5) is 0 Å². The summed E-state index contributed by atoms with van der Waals surface area (Å²) in [6.45, 7) is 0.575. The van der Waals surface area contributed by atoms with E-state index in [4.69, 9.17) is 4.74 Å². The van der Waals surface area contributed by atoms with Gasteiger partial charge in [0.25, 0.3) is 0 Å². The Hall–Kier alpha value is -1.45. The summed E-state index contributed by atoms with van der Waals surface area (Å²) in [5.41, 5.74) is 0. The summed E-state index contributed by atoms with van der Waals surface area (Å²) < 4.78 is 4.97. The molecule has 50 valence electrons. The zero-order valence-electron chi connectivity index (χ0n) is 5.19. The summed E-state index contributed by atoms with van der Waals surface area (Å²) in [6, 6.07) is 0. The maximum absolute atomic E-state index is 4.97. The second kappa shape index (κ2) is 2.06. The van der Waals surface area contributed by atoms with Crippen molar-refractivity contribution >= 4 is 12.3 Å². The number of rotatable bonds is 0. The van der Waals surface area contributed by atoms with Gasteiger partial charge < -0.3 is 4.74 Å². The van der Waals surface area contributed by atoms with E-state index < -0.39 is 0 Å². The molecule has 0 amide bonds. The predicted octanol–water partition coefficient (Wildman–Crippen LogP) is -1.58. The molecule has 1 aromatic heterocycles. The minimum Gasteiger partial charge on any atom is -0.495 e. The second-order valence-corrected chi connectivity index (χ2v) is 1.89. The van der Waals surface area contributed by atoms with E-state index in [0.717, 1.165) is 5.35 Å². The first-order valence-corrected chi connectivity index (χ1v) is 2.92. The normalized spacial score (nSPS) is 14.0. The lowest BCUT2D eigenvalue weighted by molar-refractivity contribution is 0.343. The molecule has 1 aromatic rings. The molecule has 1 aliphatic rings. The quantitative estimate of drug-likeness (QED) is 0.431. The molecule has 2 rings (SSSR count). The van der Waals surface area contributed by atoms with Crippen molar-refractivity contribution in [2.45, 2.75) is 0 Å². The van der Waals surface area contributed by atoms with Crippen molar-refractivity contribution in [2.24, 2.45) is 0 Å². The van der Waals surface area contributed by atoms with E-state index in [-0.39, 0.29) is 0 Å². The zero-order chi connectivity index (χ0) is 6.81. The van der Waals surface area contributed by atoms with E-state index in [1.54, 1.807) is 6.26 Å².